The van der Waals surface area contributed by atoms with Crippen LogP contribution in [-0.2, 0) is 16.0 Å². The van der Waals surface area contributed by atoms with E-state index in [2.05, 4.69) is 10.1 Å². The van der Waals surface area contributed by atoms with E-state index in [0.29, 0.717) is 24.9 Å². The molecule has 0 spiro atoms. The number of aromatic nitrogens is 1. The molecule has 0 amide bonds. The highest BCUT2D eigenvalue weighted by atomic mass is 16.5. The zero-order valence-corrected chi connectivity index (χ0v) is 17.0. The Morgan fingerprint density at radius 3 is 2.63 bits per heavy atom. The summed E-state index contributed by atoms with van der Waals surface area (Å²) in [6.45, 7) is 2.07. The van der Waals surface area contributed by atoms with Crippen LogP contribution in [0.25, 0.3) is 0 Å². The Bertz CT molecular complexity index is 830. The molecule has 8 nitrogen and oxygen atoms in total. The number of carboxylic acids is 1. The summed E-state index contributed by atoms with van der Waals surface area (Å²) in [6, 6.07) is 9.46. The van der Waals surface area contributed by atoms with Gasteiger partial charge in [-0.15, -0.1) is 0 Å². The Balaban J connectivity index is 1.23. The van der Waals surface area contributed by atoms with Crippen molar-refractivity contribution in [2.24, 2.45) is 4.99 Å². The van der Waals surface area contributed by atoms with Crippen LogP contribution in [0.3, 0.4) is 0 Å². The molecule has 0 aliphatic carbocycles. The van der Waals surface area contributed by atoms with E-state index in [4.69, 9.17) is 19.1 Å². The fourth-order valence-electron chi connectivity index (χ4n) is 3.20. The summed E-state index contributed by atoms with van der Waals surface area (Å²) in [4.78, 5) is 14.9. The van der Waals surface area contributed by atoms with Crippen LogP contribution in [0, 0.1) is 0 Å². The summed E-state index contributed by atoms with van der Waals surface area (Å²) in [5.74, 6) is 1.17. The van der Waals surface area contributed by atoms with Crippen molar-refractivity contribution in [2.75, 3.05) is 19.8 Å². The summed E-state index contributed by atoms with van der Waals surface area (Å²) >= 11 is 0. The molecule has 1 unspecified atom stereocenters. The molecule has 2 heterocycles. The van der Waals surface area contributed by atoms with Crippen LogP contribution < -0.4 is 4.74 Å². The molecule has 0 fully saturated rings. The molecule has 30 heavy (non-hydrogen) atoms. The lowest BCUT2D eigenvalue weighted by Crippen LogP contribution is -2.05. The maximum absolute atomic E-state index is 10.6. The molecule has 1 aromatic carbocycles. The Morgan fingerprint density at radius 1 is 1.13 bits per heavy atom. The molecule has 8 heteroatoms. The molecule has 1 aliphatic heterocycles. The Kier molecular flexibility index (Phi) is 8.26. The minimum absolute atomic E-state index is 0.279. The second kappa shape index (κ2) is 11.3. The number of hydrogen-bond donors (Lipinski definition) is 2. The number of ether oxygens (including phenoxy) is 2. The van der Waals surface area contributed by atoms with E-state index < -0.39 is 12.1 Å². The second-order valence-electron chi connectivity index (χ2n) is 7.26. The lowest BCUT2D eigenvalue weighted by molar-refractivity contribution is -0.139. The molecule has 1 atom stereocenters. The van der Waals surface area contributed by atoms with Crippen molar-refractivity contribution in [3.63, 3.8) is 0 Å². The number of carboxylic acid groups (broad SMARTS) is 1. The van der Waals surface area contributed by atoms with Crippen molar-refractivity contribution in [1.82, 2.24) is 5.16 Å². The largest absolute Gasteiger partial charge is 0.494 e. The van der Waals surface area contributed by atoms with Crippen molar-refractivity contribution in [2.45, 2.75) is 51.0 Å². The smallest absolute Gasteiger partial charge is 0.306 e. The maximum atomic E-state index is 10.6. The molecule has 3 rings (SSSR count). The number of rotatable bonds is 13. The number of aliphatic hydroxyl groups excluding tert-OH is 1. The van der Waals surface area contributed by atoms with Gasteiger partial charge >= 0.3 is 5.97 Å². The SMILES string of the molecule is O=C(O)CC(O)c1cc(CCCCCCCOc2ccc(C3=NCCO3)cc2)on1. The predicted molar refractivity (Wildman–Crippen MR) is 110 cm³/mol. The Labute approximate surface area is 175 Å². The van der Waals surface area contributed by atoms with Gasteiger partial charge in [-0.05, 0) is 37.1 Å². The average molecular weight is 416 g/mol. The second-order valence-corrected chi connectivity index (χ2v) is 7.26. The molecule has 0 radical (unpaired) electrons. The van der Waals surface area contributed by atoms with E-state index >= 15 is 0 Å². The van der Waals surface area contributed by atoms with Gasteiger partial charge in [0.15, 0.2) is 0 Å². The quantitative estimate of drug-likeness (QED) is 0.480. The Hall–Kier alpha value is -2.87. The highest BCUT2D eigenvalue weighted by molar-refractivity contribution is 5.95. The highest BCUT2D eigenvalue weighted by Gasteiger charge is 2.16. The summed E-state index contributed by atoms with van der Waals surface area (Å²) < 4.78 is 16.4. The van der Waals surface area contributed by atoms with Crippen LogP contribution in [0.2, 0.25) is 0 Å². The van der Waals surface area contributed by atoms with Gasteiger partial charge in [0.05, 0.1) is 19.6 Å². The molecule has 1 aliphatic rings. The van der Waals surface area contributed by atoms with E-state index in [1.807, 2.05) is 24.3 Å². The summed E-state index contributed by atoms with van der Waals surface area (Å²) in [5.41, 5.74) is 1.26. The van der Waals surface area contributed by atoms with Crippen molar-refractivity contribution >= 4 is 11.9 Å². The van der Waals surface area contributed by atoms with E-state index in [0.717, 1.165) is 56.4 Å². The fraction of sp³-hybridized carbons (Fsp3) is 0.500. The van der Waals surface area contributed by atoms with Crippen molar-refractivity contribution in [3.8, 4) is 5.75 Å². The van der Waals surface area contributed by atoms with Crippen LogP contribution in [0.5, 0.6) is 5.75 Å². The molecule has 0 saturated heterocycles. The normalized spacial score (nSPS) is 14.2. The average Bonchev–Trinajstić information content (AvgIpc) is 3.42. The molecule has 2 N–H and O–H groups in total. The number of aryl methyl sites for hydroxylation is 1. The molecule has 0 saturated carbocycles. The van der Waals surface area contributed by atoms with Gasteiger partial charge in [0, 0.05) is 18.1 Å². The summed E-state index contributed by atoms with van der Waals surface area (Å²) in [6.07, 6.45) is 4.42. The highest BCUT2D eigenvalue weighted by Crippen LogP contribution is 2.19. The number of carbonyl (C=O) groups is 1. The van der Waals surface area contributed by atoms with Gasteiger partial charge in [0.1, 0.15) is 29.9 Å². The lowest BCUT2D eigenvalue weighted by atomic mass is 10.1. The number of nitrogens with zero attached hydrogens (tertiary/aromatic N) is 2. The fourth-order valence-corrected chi connectivity index (χ4v) is 3.20. The van der Waals surface area contributed by atoms with Gasteiger partial charge in [-0.1, -0.05) is 24.4 Å². The first-order valence-corrected chi connectivity index (χ1v) is 10.4. The first-order chi connectivity index (χ1) is 14.6. The zero-order chi connectivity index (χ0) is 21.2. The third kappa shape index (κ3) is 6.88. The van der Waals surface area contributed by atoms with Crippen LogP contribution in [0.4, 0.5) is 0 Å². The van der Waals surface area contributed by atoms with Crippen molar-refractivity contribution < 1.29 is 29.0 Å². The monoisotopic (exact) mass is 416 g/mol. The molecule has 1 aromatic heterocycles. The standard InChI is InChI=1S/C22H28N2O6/c25-20(15-21(26)27)19-14-18(30-24-19)6-4-2-1-3-5-12-28-17-9-7-16(8-10-17)22-23-11-13-29-22/h7-10,14,20,25H,1-6,11-13,15H2,(H,26,27). The number of aliphatic carboxylic acids is 1. The summed E-state index contributed by atoms with van der Waals surface area (Å²) in [7, 11) is 0. The maximum Gasteiger partial charge on any atom is 0.306 e. The third-order valence-corrected chi connectivity index (χ3v) is 4.81. The summed E-state index contributed by atoms with van der Waals surface area (Å²) in [5, 5.41) is 22.2. The number of aliphatic imine (C=N–C) groups is 1. The molecule has 162 valence electrons. The van der Waals surface area contributed by atoms with E-state index in [1.165, 1.54) is 0 Å². The van der Waals surface area contributed by atoms with Crippen LogP contribution >= 0.6 is 0 Å². The van der Waals surface area contributed by atoms with Gasteiger partial charge in [-0.2, -0.15) is 0 Å². The van der Waals surface area contributed by atoms with Crippen LogP contribution in [0.1, 0.15) is 61.6 Å². The van der Waals surface area contributed by atoms with E-state index in [-0.39, 0.29) is 12.1 Å². The minimum atomic E-state index is -1.12. The topological polar surface area (TPSA) is 114 Å². The van der Waals surface area contributed by atoms with Gasteiger partial charge in [-0.3, -0.25) is 4.79 Å². The number of unbranched alkanes of at least 4 members (excludes halogenated alkanes) is 4. The van der Waals surface area contributed by atoms with Crippen LogP contribution in [0.15, 0.2) is 39.8 Å². The lowest BCUT2D eigenvalue weighted by Gasteiger charge is -2.07. The Morgan fingerprint density at radius 2 is 1.90 bits per heavy atom. The van der Waals surface area contributed by atoms with E-state index in [9.17, 15) is 9.90 Å². The van der Waals surface area contributed by atoms with Gasteiger partial charge in [0.2, 0.25) is 5.90 Å². The molecular formula is C22H28N2O6. The van der Waals surface area contributed by atoms with Crippen LogP contribution in [-0.4, -0.2) is 47.0 Å². The number of benzene rings is 1. The predicted octanol–water partition coefficient (Wildman–Crippen LogP) is 3.53. The molecular weight excluding hydrogens is 388 g/mol. The molecule has 0 bridgehead atoms. The van der Waals surface area contributed by atoms with Crippen molar-refractivity contribution in [1.29, 1.82) is 0 Å². The van der Waals surface area contributed by atoms with Crippen molar-refractivity contribution in [3.05, 3.63) is 47.3 Å². The zero-order valence-electron chi connectivity index (χ0n) is 17.0. The minimum Gasteiger partial charge on any atom is -0.494 e. The first-order valence-electron chi connectivity index (χ1n) is 10.4. The first kappa shape index (κ1) is 21.8. The van der Waals surface area contributed by atoms with Gasteiger partial charge < -0.3 is 24.2 Å². The third-order valence-electron chi connectivity index (χ3n) is 4.81. The number of aliphatic hydroxyl groups is 1. The number of hydrogen-bond acceptors (Lipinski definition) is 7. The van der Waals surface area contributed by atoms with E-state index in [1.54, 1.807) is 6.07 Å². The van der Waals surface area contributed by atoms with Gasteiger partial charge in [0.25, 0.3) is 0 Å². The van der Waals surface area contributed by atoms with Gasteiger partial charge in [-0.25, -0.2) is 4.99 Å². The molecule has 2 aromatic rings.